The molecule has 2 aromatic carbocycles. The molecule has 0 aliphatic carbocycles. The van der Waals surface area contributed by atoms with E-state index < -0.39 is 11.8 Å². The average Bonchev–Trinajstić information content (AvgIpc) is 3.44. The number of rotatable bonds is 6. The summed E-state index contributed by atoms with van der Waals surface area (Å²) in [5.74, 6) is -0.822. The van der Waals surface area contributed by atoms with E-state index in [9.17, 15) is 9.59 Å². The molecule has 0 fully saturated rings. The van der Waals surface area contributed by atoms with Crippen molar-refractivity contribution in [3.63, 3.8) is 0 Å². The maximum absolute atomic E-state index is 13.0. The number of carbonyl (C=O) groups is 2. The number of aliphatic imine (C=N–C) groups is 1. The van der Waals surface area contributed by atoms with Crippen LogP contribution in [0.3, 0.4) is 0 Å². The van der Waals surface area contributed by atoms with Gasteiger partial charge in [-0.1, -0.05) is 18.2 Å². The van der Waals surface area contributed by atoms with Crippen molar-refractivity contribution >= 4 is 67.8 Å². The van der Waals surface area contributed by atoms with Gasteiger partial charge in [-0.25, -0.2) is 4.99 Å². The molecule has 2 aromatic heterocycles. The molecule has 8 heteroatoms. The summed E-state index contributed by atoms with van der Waals surface area (Å²) in [5.41, 5.74) is 10.6. The van der Waals surface area contributed by atoms with E-state index in [1.165, 1.54) is 0 Å². The van der Waals surface area contributed by atoms with Gasteiger partial charge < -0.3 is 15.3 Å². The van der Waals surface area contributed by atoms with E-state index in [0.717, 1.165) is 28.2 Å². The molecule has 1 aliphatic rings. The molecule has 1 aliphatic heterocycles. The standard InChI is InChI=1S/C24H19N5O2S/c25-14-6-7-20-16(10-14)18(12-29(20)9-3-8-26-13-32)22-21(23(30)28-24(22)31)17-11-27-19-5-2-1-4-15(17)19/h1-2,4-7,10-12,27H,3,8-9,25H2,(H,28,30,31). The van der Waals surface area contributed by atoms with Crippen LogP contribution in [0.4, 0.5) is 5.69 Å². The molecule has 0 saturated heterocycles. The van der Waals surface area contributed by atoms with E-state index in [4.69, 9.17) is 5.73 Å². The van der Waals surface area contributed by atoms with Gasteiger partial charge in [0.05, 0.1) is 22.9 Å². The molecule has 0 radical (unpaired) electrons. The molecular formula is C24H19N5O2S. The van der Waals surface area contributed by atoms with Crippen molar-refractivity contribution in [2.45, 2.75) is 13.0 Å². The maximum Gasteiger partial charge on any atom is 0.259 e. The molecule has 0 saturated carbocycles. The second-order valence-electron chi connectivity index (χ2n) is 7.62. The smallest absolute Gasteiger partial charge is 0.259 e. The zero-order valence-corrected chi connectivity index (χ0v) is 17.8. The first-order valence-corrected chi connectivity index (χ1v) is 10.6. The number of para-hydroxylation sites is 1. The Labute approximate surface area is 188 Å². The number of aromatic nitrogens is 2. The van der Waals surface area contributed by atoms with E-state index in [-0.39, 0.29) is 0 Å². The third kappa shape index (κ3) is 3.22. The molecule has 4 N–H and O–H groups in total. The van der Waals surface area contributed by atoms with E-state index in [1.54, 1.807) is 6.20 Å². The van der Waals surface area contributed by atoms with Crippen molar-refractivity contribution in [3.05, 3.63) is 66.0 Å². The first-order chi connectivity index (χ1) is 15.6. The average molecular weight is 442 g/mol. The fraction of sp³-hybridized carbons (Fsp3) is 0.125. The number of amides is 2. The summed E-state index contributed by atoms with van der Waals surface area (Å²) in [7, 11) is 0. The van der Waals surface area contributed by atoms with E-state index in [0.29, 0.717) is 41.1 Å². The van der Waals surface area contributed by atoms with Gasteiger partial charge in [-0.15, -0.1) is 0 Å². The highest BCUT2D eigenvalue weighted by Crippen LogP contribution is 2.38. The van der Waals surface area contributed by atoms with Crippen LogP contribution < -0.4 is 11.1 Å². The number of hydrogen-bond donors (Lipinski definition) is 3. The number of carbonyl (C=O) groups excluding carboxylic acids is 2. The molecule has 0 unspecified atom stereocenters. The Balaban J connectivity index is 1.73. The Hall–Kier alpha value is -4.00. The number of nitrogens with two attached hydrogens (primary N) is 1. The summed E-state index contributed by atoms with van der Waals surface area (Å²) in [4.78, 5) is 33.0. The molecule has 32 heavy (non-hydrogen) atoms. The van der Waals surface area contributed by atoms with Gasteiger partial charge >= 0.3 is 0 Å². The van der Waals surface area contributed by atoms with E-state index in [1.807, 2.05) is 48.7 Å². The van der Waals surface area contributed by atoms with Crippen LogP contribution in [0.25, 0.3) is 33.0 Å². The number of isothiocyanates is 1. The Kier molecular flexibility index (Phi) is 4.93. The van der Waals surface area contributed by atoms with Crippen molar-refractivity contribution in [2.75, 3.05) is 12.3 Å². The monoisotopic (exact) mass is 441 g/mol. The highest BCUT2D eigenvalue weighted by Gasteiger charge is 2.35. The van der Waals surface area contributed by atoms with Gasteiger partial charge in [0.2, 0.25) is 0 Å². The number of benzene rings is 2. The topological polar surface area (TPSA) is 105 Å². The van der Waals surface area contributed by atoms with Crippen LogP contribution >= 0.6 is 12.2 Å². The van der Waals surface area contributed by atoms with Crippen molar-refractivity contribution in [3.8, 4) is 0 Å². The predicted molar refractivity (Wildman–Crippen MR) is 129 cm³/mol. The number of thiocarbonyl (C=S) groups is 1. The molecule has 0 spiro atoms. The van der Waals surface area contributed by atoms with Crippen LogP contribution in [0.1, 0.15) is 17.5 Å². The summed E-state index contributed by atoms with van der Waals surface area (Å²) < 4.78 is 2.05. The van der Waals surface area contributed by atoms with Crippen LogP contribution in [-0.2, 0) is 16.1 Å². The number of nitrogens with zero attached hydrogens (tertiary/aromatic N) is 2. The first-order valence-electron chi connectivity index (χ1n) is 10.2. The molecule has 5 rings (SSSR count). The third-order valence-electron chi connectivity index (χ3n) is 5.70. The van der Waals surface area contributed by atoms with Gasteiger partial charge in [-0.2, -0.15) is 0 Å². The van der Waals surface area contributed by atoms with Crippen LogP contribution in [-0.4, -0.2) is 33.1 Å². The summed E-state index contributed by atoms with van der Waals surface area (Å²) >= 11 is 4.64. The van der Waals surface area contributed by atoms with Crippen molar-refractivity contribution in [2.24, 2.45) is 4.99 Å². The molecule has 3 heterocycles. The molecule has 158 valence electrons. The lowest BCUT2D eigenvalue weighted by Gasteiger charge is -2.03. The zero-order chi connectivity index (χ0) is 22.2. The molecule has 4 aromatic rings. The fourth-order valence-electron chi connectivity index (χ4n) is 4.31. The predicted octanol–water partition coefficient (Wildman–Crippen LogP) is 3.76. The quantitative estimate of drug-likeness (QED) is 0.139. The largest absolute Gasteiger partial charge is 0.399 e. The second kappa shape index (κ2) is 7.92. The SMILES string of the molecule is Nc1ccc2c(c1)c(C1=C(c3c[nH]c4ccccc34)C(=O)NC1=O)cn2CCCN=C=S. The highest BCUT2D eigenvalue weighted by atomic mass is 32.1. The number of nitrogens with one attached hydrogen (secondary N) is 2. The number of H-pyrrole nitrogens is 1. The minimum absolute atomic E-state index is 0.353. The van der Waals surface area contributed by atoms with Gasteiger partial charge in [-0.05, 0) is 42.9 Å². The summed E-state index contributed by atoms with van der Waals surface area (Å²) in [5, 5.41) is 6.55. The second-order valence-corrected chi connectivity index (χ2v) is 7.80. The van der Waals surface area contributed by atoms with E-state index >= 15 is 0 Å². The summed E-state index contributed by atoms with van der Waals surface area (Å²) in [6.45, 7) is 1.24. The Morgan fingerprint density at radius 2 is 1.81 bits per heavy atom. The van der Waals surface area contributed by atoms with Crippen LogP contribution in [0.5, 0.6) is 0 Å². The minimum Gasteiger partial charge on any atom is -0.399 e. The lowest BCUT2D eigenvalue weighted by molar-refractivity contribution is -0.122. The Bertz CT molecular complexity index is 1490. The molecule has 7 nitrogen and oxygen atoms in total. The summed E-state index contributed by atoms with van der Waals surface area (Å²) in [6.07, 6.45) is 4.44. The Morgan fingerprint density at radius 3 is 2.62 bits per heavy atom. The Morgan fingerprint density at radius 1 is 1.03 bits per heavy atom. The molecule has 0 atom stereocenters. The number of hydrogen-bond acceptors (Lipinski definition) is 5. The van der Waals surface area contributed by atoms with Crippen molar-refractivity contribution in [1.82, 2.24) is 14.9 Å². The van der Waals surface area contributed by atoms with Gasteiger partial charge in [0.1, 0.15) is 0 Å². The summed E-state index contributed by atoms with van der Waals surface area (Å²) in [6, 6.07) is 13.3. The van der Waals surface area contributed by atoms with Gasteiger partial charge in [0.25, 0.3) is 11.8 Å². The number of aryl methyl sites for hydroxylation is 1. The minimum atomic E-state index is -0.415. The zero-order valence-electron chi connectivity index (χ0n) is 17.0. The molecule has 2 amide bonds. The maximum atomic E-state index is 13.0. The van der Waals surface area contributed by atoms with Crippen LogP contribution in [0.2, 0.25) is 0 Å². The number of imide groups is 1. The van der Waals surface area contributed by atoms with Crippen molar-refractivity contribution < 1.29 is 9.59 Å². The van der Waals surface area contributed by atoms with Crippen LogP contribution in [0, 0.1) is 0 Å². The highest BCUT2D eigenvalue weighted by molar-refractivity contribution is 7.78. The number of anilines is 1. The molecular weight excluding hydrogens is 422 g/mol. The molecule has 0 bridgehead atoms. The third-order valence-corrected chi connectivity index (χ3v) is 5.83. The first kappa shape index (κ1) is 19.9. The lowest BCUT2D eigenvalue weighted by atomic mass is 9.95. The number of aromatic amines is 1. The van der Waals surface area contributed by atoms with Crippen LogP contribution in [0.15, 0.2) is 59.9 Å². The normalized spacial score (nSPS) is 13.8. The van der Waals surface area contributed by atoms with Gasteiger partial charge in [0.15, 0.2) is 0 Å². The van der Waals surface area contributed by atoms with Gasteiger partial charge in [0, 0.05) is 57.6 Å². The lowest BCUT2D eigenvalue weighted by Crippen LogP contribution is -2.22. The van der Waals surface area contributed by atoms with Crippen molar-refractivity contribution in [1.29, 1.82) is 0 Å². The van der Waals surface area contributed by atoms with Gasteiger partial charge in [-0.3, -0.25) is 14.9 Å². The number of fused-ring (bicyclic) bond motifs is 2. The number of nitrogen functional groups attached to an aromatic ring is 1. The fourth-order valence-corrected chi connectivity index (χ4v) is 4.40. The van der Waals surface area contributed by atoms with E-state index in [2.05, 4.69) is 37.2 Å².